The molecule has 1 aromatic carbocycles. The molecule has 0 saturated carbocycles. The van der Waals surface area contributed by atoms with Gasteiger partial charge in [0.05, 0.1) is 12.1 Å². The highest BCUT2D eigenvalue weighted by atomic mass is 19.1. The maximum Gasteiger partial charge on any atom is 0.237 e. The predicted molar refractivity (Wildman–Crippen MR) is 54.5 cm³/mol. The lowest BCUT2D eigenvalue weighted by Gasteiger charge is -2.27. The van der Waals surface area contributed by atoms with Crippen molar-refractivity contribution in [3.8, 4) is 0 Å². The van der Waals surface area contributed by atoms with Gasteiger partial charge in [-0.3, -0.25) is 4.79 Å². The fourth-order valence-corrected chi connectivity index (χ4v) is 1.82. The van der Waals surface area contributed by atoms with Gasteiger partial charge in [0.1, 0.15) is 5.82 Å². The van der Waals surface area contributed by atoms with Crippen molar-refractivity contribution in [1.29, 1.82) is 0 Å². The van der Waals surface area contributed by atoms with Gasteiger partial charge in [-0.2, -0.15) is 0 Å². The molecule has 1 aromatic rings. The summed E-state index contributed by atoms with van der Waals surface area (Å²) in [5, 5.41) is 2.72. The highest BCUT2D eigenvalue weighted by Crippen LogP contribution is 2.24. The molecule has 15 heavy (non-hydrogen) atoms. The number of hydrogen-bond acceptors (Lipinski definition) is 2. The number of piperidine rings is 1. The Morgan fingerprint density at radius 3 is 2.73 bits per heavy atom. The summed E-state index contributed by atoms with van der Waals surface area (Å²) in [6, 6.07) is 5.80. The van der Waals surface area contributed by atoms with Crippen LogP contribution >= 0.6 is 0 Å². The largest absolute Gasteiger partial charge is 0.348 e. The van der Waals surface area contributed by atoms with Crippen LogP contribution in [-0.4, -0.2) is 11.9 Å². The lowest BCUT2D eigenvalue weighted by Crippen LogP contribution is -2.46. The minimum atomic E-state index is -0.451. The van der Waals surface area contributed by atoms with Crippen molar-refractivity contribution in [2.75, 3.05) is 0 Å². The third-order valence-corrected chi connectivity index (χ3v) is 2.70. The van der Waals surface area contributed by atoms with Crippen LogP contribution in [0.2, 0.25) is 0 Å². The molecule has 3 N–H and O–H groups in total. The van der Waals surface area contributed by atoms with Gasteiger partial charge >= 0.3 is 0 Å². The summed E-state index contributed by atoms with van der Waals surface area (Å²) in [5.74, 6) is -0.479. The average molecular weight is 208 g/mol. The summed E-state index contributed by atoms with van der Waals surface area (Å²) < 4.78 is 13.4. The molecule has 0 spiro atoms. The standard InChI is InChI=1S/C11H13FN2O/c12-8-4-2-1-3-7(8)10-6-5-9(13)11(15)14-10/h1-4,9-10H,5-6,13H2,(H,14,15). The maximum absolute atomic E-state index is 13.4. The van der Waals surface area contributed by atoms with Crippen molar-refractivity contribution in [3.63, 3.8) is 0 Å². The Balaban J connectivity index is 2.19. The summed E-state index contributed by atoms with van der Waals surface area (Å²) in [7, 11) is 0. The van der Waals surface area contributed by atoms with E-state index in [0.717, 1.165) is 0 Å². The van der Waals surface area contributed by atoms with E-state index >= 15 is 0 Å². The van der Waals surface area contributed by atoms with Crippen LogP contribution in [-0.2, 0) is 4.79 Å². The lowest BCUT2D eigenvalue weighted by atomic mass is 9.94. The van der Waals surface area contributed by atoms with E-state index in [4.69, 9.17) is 5.73 Å². The molecule has 1 amide bonds. The van der Waals surface area contributed by atoms with Gasteiger partial charge in [0, 0.05) is 5.56 Å². The van der Waals surface area contributed by atoms with Gasteiger partial charge < -0.3 is 11.1 Å². The molecule has 1 aliphatic rings. The predicted octanol–water partition coefficient (Wildman–Crippen LogP) is 1.10. The van der Waals surface area contributed by atoms with E-state index in [2.05, 4.69) is 5.32 Å². The fourth-order valence-electron chi connectivity index (χ4n) is 1.82. The van der Waals surface area contributed by atoms with Gasteiger partial charge in [-0.1, -0.05) is 18.2 Å². The first-order valence-corrected chi connectivity index (χ1v) is 4.99. The van der Waals surface area contributed by atoms with Crippen molar-refractivity contribution in [1.82, 2.24) is 5.32 Å². The molecular weight excluding hydrogens is 195 g/mol. The Morgan fingerprint density at radius 2 is 2.07 bits per heavy atom. The fraction of sp³-hybridized carbons (Fsp3) is 0.364. The number of rotatable bonds is 1. The highest BCUT2D eigenvalue weighted by Gasteiger charge is 2.27. The number of carbonyl (C=O) groups is 1. The lowest BCUT2D eigenvalue weighted by molar-refractivity contribution is -0.124. The number of halogens is 1. The second-order valence-corrected chi connectivity index (χ2v) is 3.77. The minimum Gasteiger partial charge on any atom is -0.348 e. The third-order valence-electron chi connectivity index (χ3n) is 2.70. The quantitative estimate of drug-likeness (QED) is 0.726. The van der Waals surface area contributed by atoms with E-state index in [1.54, 1.807) is 18.2 Å². The van der Waals surface area contributed by atoms with Crippen molar-refractivity contribution in [2.45, 2.75) is 24.9 Å². The van der Waals surface area contributed by atoms with Crippen LogP contribution in [0.1, 0.15) is 24.4 Å². The molecule has 3 nitrogen and oxygen atoms in total. The van der Waals surface area contributed by atoms with Crippen LogP contribution in [0.4, 0.5) is 4.39 Å². The van der Waals surface area contributed by atoms with Gasteiger partial charge in [0.25, 0.3) is 0 Å². The van der Waals surface area contributed by atoms with E-state index in [9.17, 15) is 9.18 Å². The van der Waals surface area contributed by atoms with E-state index in [1.165, 1.54) is 6.07 Å². The Hall–Kier alpha value is -1.42. The molecular formula is C11H13FN2O. The van der Waals surface area contributed by atoms with Crippen molar-refractivity contribution < 1.29 is 9.18 Å². The summed E-state index contributed by atoms with van der Waals surface area (Å²) in [4.78, 5) is 11.3. The first-order chi connectivity index (χ1) is 7.18. The number of nitrogens with two attached hydrogens (primary N) is 1. The van der Waals surface area contributed by atoms with Gasteiger partial charge in [-0.05, 0) is 18.9 Å². The smallest absolute Gasteiger partial charge is 0.237 e. The third kappa shape index (κ3) is 1.99. The van der Waals surface area contributed by atoms with Crippen LogP contribution in [0.3, 0.4) is 0 Å². The highest BCUT2D eigenvalue weighted by molar-refractivity contribution is 5.82. The Morgan fingerprint density at radius 1 is 1.33 bits per heavy atom. The van der Waals surface area contributed by atoms with Gasteiger partial charge in [-0.15, -0.1) is 0 Å². The average Bonchev–Trinajstić information content (AvgIpc) is 2.23. The Kier molecular flexibility index (Phi) is 2.68. The second kappa shape index (κ2) is 3.98. The van der Waals surface area contributed by atoms with Crippen molar-refractivity contribution in [3.05, 3.63) is 35.6 Å². The number of nitrogens with one attached hydrogen (secondary N) is 1. The normalized spacial score (nSPS) is 26.1. The molecule has 1 fully saturated rings. The molecule has 80 valence electrons. The summed E-state index contributed by atoms with van der Waals surface area (Å²) >= 11 is 0. The van der Waals surface area contributed by atoms with Crippen molar-refractivity contribution in [2.24, 2.45) is 5.73 Å². The number of carbonyl (C=O) groups excluding carboxylic acids is 1. The van der Waals surface area contributed by atoms with Crippen LogP contribution in [0.15, 0.2) is 24.3 Å². The molecule has 0 radical (unpaired) electrons. The first-order valence-electron chi connectivity index (χ1n) is 4.99. The number of hydrogen-bond donors (Lipinski definition) is 2. The van der Waals surface area contributed by atoms with Crippen LogP contribution in [0.5, 0.6) is 0 Å². The number of amides is 1. The molecule has 2 atom stereocenters. The zero-order valence-electron chi connectivity index (χ0n) is 8.24. The second-order valence-electron chi connectivity index (χ2n) is 3.77. The van der Waals surface area contributed by atoms with E-state index in [0.29, 0.717) is 18.4 Å². The summed E-state index contributed by atoms with van der Waals surface area (Å²) in [6.45, 7) is 0. The molecule has 4 heteroatoms. The topological polar surface area (TPSA) is 55.1 Å². The monoisotopic (exact) mass is 208 g/mol. The van der Waals surface area contributed by atoms with Crippen molar-refractivity contribution >= 4 is 5.91 Å². The molecule has 2 rings (SSSR count). The van der Waals surface area contributed by atoms with Crippen LogP contribution in [0, 0.1) is 5.82 Å². The SMILES string of the molecule is NC1CCC(c2ccccc2F)NC1=O. The molecule has 2 unspecified atom stereocenters. The van der Waals surface area contributed by atoms with E-state index in [1.807, 2.05) is 0 Å². The Labute approximate surface area is 87.5 Å². The molecule has 0 aromatic heterocycles. The summed E-state index contributed by atoms with van der Waals surface area (Å²) in [5.41, 5.74) is 6.09. The molecule has 1 heterocycles. The zero-order valence-corrected chi connectivity index (χ0v) is 8.24. The van der Waals surface area contributed by atoms with Crippen LogP contribution < -0.4 is 11.1 Å². The molecule has 0 bridgehead atoms. The van der Waals surface area contributed by atoms with E-state index < -0.39 is 6.04 Å². The van der Waals surface area contributed by atoms with E-state index in [-0.39, 0.29) is 17.8 Å². The zero-order chi connectivity index (χ0) is 10.8. The minimum absolute atomic E-state index is 0.200. The molecule has 1 aliphatic heterocycles. The maximum atomic E-state index is 13.4. The summed E-state index contributed by atoms with van der Waals surface area (Å²) in [6.07, 6.45) is 1.29. The number of benzene rings is 1. The Bertz CT molecular complexity index is 381. The van der Waals surface area contributed by atoms with Gasteiger partial charge in [0.15, 0.2) is 0 Å². The molecule has 0 aliphatic carbocycles. The van der Waals surface area contributed by atoms with Gasteiger partial charge in [0.2, 0.25) is 5.91 Å². The van der Waals surface area contributed by atoms with Gasteiger partial charge in [-0.25, -0.2) is 4.39 Å². The first kappa shape index (κ1) is 10.1. The molecule has 1 saturated heterocycles. The van der Waals surface area contributed by atoms with Crippen LogP contribution in [0.25, 0.3) is 0 Å².